The molecule has 1 unspecified atom stereocenters. The van der Waals surface area contributed by atoms with Crippen LogP contribution in [0.4, 0.5) is 0 Å². The molecule has 0 aliphatic carbocycles. The summed E-state index contributed by atoms with van der Waals surface area (Å²) in [4.78, 5) is 36.8. The maximum Gasteiger partial charge on any atom is 0.306 e. The lowest BCUT2D eigenvalue weighted by Crippen LogP contribution is -2.37. The predicted molar refractivity (Wildman–Crippen MR) is 153 cm³/mol. The van der Waals surface area contributed by atoms with Gasteiger partial charge in [-0.05, 0) is 12.8 Å². The summed E-state index contributed by atoms with van der Waals surface area (Å²) in [6.07, 6.45) is 15.9. The zero-order valence-electron chi connectivity index (χ0n) is 25.6. The molecule has 0 aromatic heterocycles. The highest BCUT2D eigenvalue weighted by Crippen LogP contribution is 2.38. The Hall–Kier alpha value is -0.990. The van der Waals surface area contributed by atoms with Crippen LogP contribution in [0.3, 0.4) is 0 Å². The molecule has 39 heavy (non-hydrogen) atoms. The molecule has 0 bridgehead atoms. The Morgan fingerprint density at radius 1 is 0.692 bits per heavy atom. The van der Waals surface area contributed by atoms with Crippen LogP contribution in [0.25, 0.3) is 0 Å². The zero-order chi connectivity index (χ0) is 29.4. The molecule has 10 heteroatoms. The van der Waals surface area contributed by atoms with E-state index in [2.05, 4.69) is 13.8 Å². The fraction of sp³-hybridized carbons (Fsp3) is 0.931. The zero-order valence-corrected chi connectivity index (χ0v) is 26.5. The number of rotatable bonds is 27. The summed E-state index contributed by atoms with van der Waals surface area (Å²) >= 11 is 0. The lowest BCUT2D eigenvalue weighted by molar-refractivity contribution is -0.870. The molecule has 2 atom stereocenters. The van der Waals surface area contributed by atoms with Gasteiger partial charge in [0.15, 0.2) is 6.10 Å². The molecular formula is C29H58NO8P. The molecule has 0 N–H and O–H groups in total. The second kappa shape index (κ2) is 23.7. The van der Waals surface area contributed by atoms with Gasteiger partial charge >= 0.3 is 11.9 Å². The molecule has 0 saturated heterocycles. The van der Waals surface area contributed by atoms with Crippen LogP contribution in [0.5, 0.6) is 0 Å². The number of unbranched alkanes of at least 4 members (excludes halogenated alkanes) is 13. The van der Waals surface area contributed by atoms with Crippen LogP contribution in [0, 0.1) is 0 Å². The van der Waals surface area contributed by atoms with Crippen molar-refractivity contribution in [2.75, 3.05) is 47.5 Å². The Labute approximate surface area is 238 Å². The molecule has 0 saturated carbocycles. The average Bonchev–Trinajstić information content (AvgIpc) is 2.85. The minimum absolute atomic E-state index is 0.0272. The van der Waals surface area contributed by atoms with E-state index in [0.717, 1.165) is 38.5 Å². The first-order chi connectivity index (χ1) is 18.5. The molecular weight excluding hydrogens is 521 g/mol. The van der Waals surface area contributed by atoms with Gasteiger partial charge in [0.05, 0.1) is 27.7 Å². The summed E-state index contributed by atoms with van der Waals surface area (Å²) in [6.45, 7) is 4.10. The van der Waals surface area contributed by atoms with Gasteiger partial charge in [-0.3, -0.25) is 14.2 Å². The normalized spacial score (nSPS) is 14.1. The van der Waals surface area contributed by atoms with E-state index < -0.39 is 32.5 Å². The molecule has 0 spiro atoms. The van der Waals surface area contributed by atoms with E-state index in [4.69, 9.17) is 18.5 Å². The number of carbonyl (C=O) groups excluding carboxylic acids is 2. The second-order valence-corrected chi connectivity index (χ2v) is 12.9. The molecule has 0 aromatic carbocycles. The molecule has 232 valence electrons. The first-order valence-corrected chi connectivity index (χ1v) is 16.7. The first-order valence-electron chi connectivity index (χ1n) is 15.2. The van der Waals surface area contributed by atoms with Crippen molar-refractivity contribution in [2.24, 2.45) is 0 Å². The lowest BCUT2D eigenvalue weighted by atomic mass is 10.1. The fourth-order valence-corrected chi connectivity index (χ4v) is 4.62. The monoisotopic (exact) mass is 579 g/mol. The maximum absolute atomic E-state index is 12.4. The highest BCUT2D eigenvalue weighted by Gasteiger charge is 2.21. The number of hydrogen-bond donors (Lipinski definition) is 0. The SMILES string of the molecule is CCCCCCCCCCC(=O)OC[C@H](COP(=O)([O-])OCC[N+](C)(C)C)OC(=O)CCCCCCCCC. The standard InChI is InChI=1S/C29H58NO8P/c1-6-8-10-12-14-16-17-19-21-28(31)35-25-27(26-37-39(33,34)36-24-23-30(3,4)5)38-29(32)22-20-18-15-13-11-9-7-2/h27H,6-26H2,1-5H3/t27-/m1/s1. The smallest absolute Gasteiger partial charge is 0.306 e. The van der Waals surface area contributed by atoms with E-state index in [9.17, 15) is 19.0 Å². The van der Waals surface area contributed by atoms with Gasteiger partial charge < -0.3 is 27.9 Å². The second-order valence-electron chi connectivity index (χ2n) is 11.5. The number of nitrogens with zero attached hydrogens (tertiary/aromatic N) is 1. The van der Waals surface area contributed by atoms with Crippen molar-refractivity contribution in [3.63, 3.8) is 0 Å². The number of quaternary nitrogens is 1. The molecule has 0 heterocycles. The number of likely N-dealkylation sites (N-methyl/N-ethyl adjacent to an activating group) is 1. The Bertz CT molecular complexity index is 668. The summed E-state index contributed by atoms with van der Waals surface area (Å²) in [5.74, 6) is -0.846. The molecule has 0 rings (SSSR count). The van der Waals surface area contributed by atoms with Crippen molar-refractivity contribution >= 4 is 19.8 Å². The third-order valence-corrected chi connectivity index (χ3v) is 7.34. The van der Waals surface area contributed by atoms with E-state index in [1.54, 1.807) is 0 Å². The van der Waals surface area contributed by atoms with E-state index in [1.807, 2.05) is 21.1 Å². The molecule has 0 aromatic rings. The van der Waals surface area contributed by atoms with Crippen LogP contribution < -0.4 is 4.89 Å². The third kappa shape index (κ3) is 27.0. The van der Waals surface area contributed by atoms with Crippen molar-refractivity contribution < 1.29 is 42.1 Å². The Kier molecular flexibility index (Phi) is 23.1. The third-order valence-electron chi connectivity index (χ3n) is 6.38. The van der Waals surface area contributed by atoms with Gasteiger partial charge in [-0.1, -0.05) is 97.3 Å². The van der Waals surface area contributed by atoms with Crippen LogP contribution in [-0.4, -0.2) is 70.0 Å². The van der Waals surface area contributed by atoms with Crippen LogP contribution in [0.2, 0.25) is 0 Å². The first kappa shape index (κ1) is 38.0. The van der Waals surface area contributed by atoms with Crippen molar-refractivity contribution in [1.82, 2.24) is 0 Å². The number of ether oxygens (including phenoxy) is 2. The summed E-state index contributed by atoms with van der Waals surface area (Å²) in [7, 11) is 1.17. The highest BCUT2D eigenvalue weighted by molar-refractivity contribution is 7.45. The van der Waals surface area contributed by atoms with Gasteiger partial charge in [0.25, 0.3) is 7.82 Å². The minimum Gasteiger partial charge on any atom is -0.756 e. The summed E-state index contributed by atoms with van der Waals surface area (Å²) in [5.41, 5.74) is 0. The molecule has 9 nitrogen and oxygen atoms in total. The summed E-state index contributed by atoms with van der Waals surface area (Å²) in [5, 5.41) is 0. The van der Waals surface area contributed by atoms with Gasteiger partial charge in [0, 0.05) is 12.8 Å². The van der Waals surface area contributed by atoms with Crippen molar-refractivity contribution in [3.8, 4) is 0 Å². The van der Waals surface area contributed by atoms with E-state index >= 15 is 0 Å². The van der Waals surface area contributed by atoms with Gasteiger partial charge in [0.1, 0.15) is 19.8 Å². The number of hydrogen-bond acceptors (Lipinski definition) is 8. The fourth-order valence-electron chi connectivity index (χ4n) is 3.89. The van der Waals surface area contributed by atoms with Crippen molar-refractivity contribution in [1.29, 1.82) is 0 Å². The molecule has 0 amide bonds. The van der Waals surface area contributed by atoms with Gasteiger partial charge in [0.2, 0.25) is 0 Å². The number of carbonyl (C=O) groups is 2. The van der Waals surface area contributed by atoms with Gasteiger partial charge in [-0.2, -0.15) is 0 Å². The highest BCUT2D eigenvalue weighted by atomic mass is 31.2. The number of phosphoric acid groups is 1. The Morgan fingerprint density at radius 2 is 1.15 bits per heavy atom. The summed E-state index contributed by atoms with van der Waals surface area (Å²) in [6, 6.07) is 0. The number of esters is 2. The average molecular weight is 580 g/mol. The maximum atomic E-state index is 12.4. The topological polar surface area (TPSA) is 111 Å². The molecule has 0 aliphatic heterocycles. The van der Waals surface area contributed by atoms with Gasteiger partial charge in [-0.15, -0.1) is 0 Å². The van der Waals surface area contributed by atoms with E-state index in [1.165, 1.54) is 51.4 Å². The number of phosphoric ester groups is 1. The Balaban J connectivity index is 4.55. The summed E-state index contributed by atoms with van der Waals surface area (Å²) < 4.78 is 33.4. The van der Waals surface area contributed by atoms with Crippen molar-refractivity contribution in [3.05, 3.63) is 0 Å². The van der Waals surface area contributed by atoms with E-state index in [-0.39, 0.29) is 26.1 Å². The van der Waals surface area contributed by atoms with Crippen LogP contribution in [0.1, 0.15) is 123 Å². The van der Waals surface area contributed by atoms with Crippen molar-refractivity contribution in [2.45, 2.75) is 129 Å². The largest absolute Gasteiger partial charge is 0.756 e. The quantitative estimate of drug-likeness (QED) is 0.0481. The van der Waals surface area contributed by atoms with E-state index in [0.29, 0.717) is 17.4 Å². The van der Waals surface area contributed by atoms with Crippen LogP contribution in [0.15, 0.2) is 0 Å². The molecule has 0 fully saturated rings. The molecule has 0 aliphatic rings. The lowest BCUT2D eigenvalue weighted by Gasteiger charge is -2.28. The van der Waals surface area contributed by atoms with Crippen LogP contribution >= 0.6 is 7.82 Å². The van der Waals surface area contributed by atoms with Gasteiger partial charge in [-0.25, -0.2) is 0 Å². The molecule has 0 radical (unpaired) electrons. The van der Waals surface area contributed by atoms with Crippen LogP contribution in [-0.2, 0) is 32.7 Å². The minimum atomic E-state index is -4.59. The predicted octanol–water partition coefficient (Wildman–Crippen LogP) is 6.32. The Morgan fingerprint density at radius 3 is 1.64 bits per heavy atom.